The number of hydrogen-bond donors (Lipinski definition) is 0. The van der Waals surface area contributed by atoms with Gasteiger partial charge in [-0.25, -0.2) is 0 Å². The van der Waals surface area contributed by atoms with Gasteiger partial charge in [0, 0.05) is 6.26 Å². The van der Waals surface area contributed by atoms with Gasteiger partial charge in [-0.3, -0.25) is 4.21 Å². The first-order valence-electron chi connectivity index (χ1n) is 3.30. The lowest BCUT2D eigenvalue weighted by atomic mass is 10.3. The fourth-order valence-corrected chi connectivity index (χ4v) is 2.16. The Hall–Kier alpha value is 0.240. The third kappa shape index (κ3) is 4.12. The van der Waals surface area contributed by atoms with Crippen molar-refractivity contribution < 1.29 is 4.21 Å². The maximum Gasteiger partial charge on any atom is 0.0670 e. The molecular weight excluding hydrogens is 164 g/mol. The van der Waals surface area contributed by atoms with E-state index >= 15 is 0 Å². The molecule has 0 aromatic heterocycles. The summed E-state index contributed by atoms with van der Waals surface area (Å²) in [7, 11) is -0.781. The first-order valence-corrected chi connectivity index (χ1v) is 6.08. The molecule has 0 aliphatic heterocycles. The molecule has 1 nitrogen and oxygen atoms in total. The van der Waals surface area contributed by atoms with E-state index < -0.39 is 10.8 Å². The zero-order chi connectivity index (χ0) is 7.98. The molecule has 3 heteroatoms. The standard InChI is InChI=1S/C7H14OS2/c1-4-5-6-7(9-2)10(3)8/h6H,4-5H2,1-3H3/b7-6+/t10-/m1/s1. The average molecular weight is 178 g/mol. The van der Waals surface area contributed by atoms with Crippen LogP contribution >= 0.6 is 11.8 Å². The summed E-state index contributed by atoms with van der Waals surface area (Å²) in [4.78, 5) is 0. The van der Waals surface area contributed by atoms with Crippen molar-refractivity contribution in [2.24, 2.45) is 0 Å². The second kappa shape index (κ2) is 5.98. The molecule has 0 rings (SSSR count). The van der Waals surface area contributed by atoms with E-state index in [4.69, 9.17) is 0 Å². The second-order valence-corrected chi connectivity index (χ2v) is 4.42. The Morgan fingerprint density at radius 3 is 2.60 bits per heavy atom. The van der Waals surface area contributed by atoms with Crippen LogP contribution < -0.4 is 0 Å². The highest BCUT2D eigenvalue weighted by Gasteiger charge is 1.96. The van der Waals surface area contributed by atoms with Crippen LogP contribution in [0.25, 0.3) is 0 Å². The summed E-state index contributed by atoms with van der Waals surface area (Å²) in [6.45, 7) is 2.12. The number of hydrogen-bond acceptors (Lipinski definition) is 2. The predicted octanol–water partition coefficient (Wildman–Crippen LogP) is 2.37. The van der Waals surface area contributed by atoms with Gasteiger partial charge < -0.3 is 0 Å². The summed E-state index contributed by atoms with van der Waals surface area (Å²) in [5.41, 5.74) is 0. The molecule has 0 aromatic carbocycles. The Bertz CT molecular complexity index is 141. The molecule has 0 N–H and O–H groups in total. The molecule has 0 aromatic rings. The highest BCUT2D eigenvalue weighted by Crippen LogP contribution is 2.15. The molecule has 0 saturated carbocycles. The first kappa shape index (κ1) is 10.2. The van der Waals surface area contributed by atoms with Crippen molar-refractivity contribution in [2.45, 2.75) is 19.8 Å². The van der Waals surface area contributed by atoms with Crippen molar-refractivity contribution in [1.82, 2.24) is 0 Å². The van der Waals surface area contributed by atoms with E-state index in [-0.39, 0.29) is 0 Å². The minimum absolute atomic E-state index is 0.781. The number of thioether (sulfide) groups is 1. The molecule has 0 heterocycles. The van der Waals surface area contributed by atoms with Crippen LogP contribution in [0.1, 0.15) is 19.8 Å². The Morgan fingerprint density at radius 1 is 1.70 bits per heavy atom. The largest absolute Gasteiger partial charge is 0.254 e. The van der Waals surface area contributed by atoms with Gasteiger partial charge in [0.1, 0.15) is 0 Å². The molecule has 60 valence electrons. The number of rotatable bonds is 4. The predicted molar refractivity (Wildman–Crippen MR) is 50.6 cm³/mol. The van der Waals surface area contributed by atoms with Crippen molar-refractivity contribution in [3.63, 3.8) is 0 Å². The van der Waals surface area contributed by atoms with Crippen molar-refractivity contribution in [2.75, 3.05) is 12.5 Å². The topological polar surface area (TPSA) is 17.1 Å². The van der Waals surface area contributed by atoms with Gasteiger partial charge in [0.05, 0.1) is 15.0 Å². The molecule has 0 aliphatic carbocycles. The Labute approximate surface area is 69.7 Å². The minimum atomic E-state index is -0.781. The first-order chi connectivity index (χ1) is 4.72. The van der Waals surface area contributed by atoms with E-state index in [1.807, 2.05) is 6.26 Å². The average Bonchev–Trinajstić information content (AvgIpc) is 1.89. The smallest absolute Gasteiger partial charge is 0.0670 e. The molecule has 0 spiro atoms. The van der Waals surface area contributed by atoms with Gasteiger partial charge in [0.25, 0.3) is 0 Å². The van der Waals surface area contributed by atoms with E-state index in [1.165, 1.54) is 0 Å². The fraction of sp³-hybridized carbons (Fsp3) is 0.714. The Morgan fingerprint density at radius 2 is 2.30 bits per heavy atom. The molecule has 10 heavy (non-hydrogen) atoms. The third-order valence-corrected chi connectivity index (χ3v) is 3.59. The van der Waals surface area contributed by atoms with Gasteiger partial charge in [-0.1, -0.05) is 19.4 Å². The lowest BCUT2D eigenvalue weighted by Gasteiger charge is -1.96. The van der Waals surface area contributed by atoms with Crippen molar-refractivity contribution in [3.8, 4) is 0 Å². The maximum atomic E-state index is 10.9. The zero-order valence-electron chi connectivity index (χ0n) is 6.72. The lowest BCUT2D eigenvalue weighted by Crippen LogP contribution is -1.85. The molecule has 0 bridgehead atoms. The molecule has 0 unspecified atom stereocenters. The molecule has 0 amide bonds. The summed E-state index contributed by atoms with van der Waals surface area (Å²) in [6, 6.07) is 0. The normalized spacial score (nSPS) is 15.3. The quantitative estimate of drug-likeness (QED) is 0.657. The van der Waals surface area contributed by atoms with E-state index in [0.717, 1.165) is 17.1 Å². The van der Waals surface area contributed by atoms with E-state index in [1.54, 1.807) is 18.0 Å². The van der Waals surface area contributed by atoms with Gasteiger partial charge in [0.2, 0.25) is 0 Å². The molecule has 0 saturated heterocycles. The van der Waals surface area contributed by atoms with Crippen LogP contribution in [0, 0.1) is 0 Å². The van der Waals surface area contributed by atoms with Crippen LogP contribution in [-0.4, -0.2) is 16.7 Å². The SMILES string of the molecule is CCC/C=C(\SC)[S@@](C)=O. The molecule has 0 radical (unpaired) electrons. The number of unbranched alkanes of at least 4 members (excludes halogenated alkanes) is 1. The monoisotopic (exact) mass is 178 g/mol. The fourth-order valence-electron chi connectivity index (χ4n) is 0.580. The zero-order valence-corrected chi connectivity index (χ0v) is 8.35. The highest BCUT2D eigenvalue weighted by molar-refractivity contribution is 8.15. The summed E-state index contributed by atoms with van der Waals surface area (Å²) in [5, 5.41) is 0. The van der Waals surface area contributed by atoms with Crippen LogP contribution in [0.3, 0.4) is 0 Å². The third-order valence-electron chi connectivity index (χ3n) is 1.08. The van der Waals surface area contributed by atoms with E-state index in [0.29, 0.717) is 0 Å². The molecule has 1 atom stereocenters. The molecular formula is C7H14OS2. The summed E-state index contributed by atoms with van der Waals surface area (Å²) < 4.78 is 11.9. The van der Waals surface area contributed by atoms with Crippen LogP contribution in [0.4, 0.5) is 0 Å². The Balaban J connectivity index is 3.91. The molecule has 0 fully saturated rings. The maximum absolute atomic E-state index is 10.9. The van der Waals surface area contributed by atoms with Crippen LogP contribution in [0.2, 0.25) is 0 Å². The number of allylic oxidation sites excluding steroid dienone is 1. The summed E-state index contributed by atoms with van der Waals surface area (Å²) >= 11 is 1.58. The Kier molecular flexibility index (Phi) is 6.13. The van der Waals surface area contributed by atoms with Gasteiger partial charge in [0.15, 0.2) is 0 Å². The van der Waals surface area contributed by atoms with Crippen LogP contribution in [0.15, 0.2) is 10.3 Å². The summed E-state index contributed by atoms with van der Waals surface area (Å²) in [5.74, 6) is 0. The van der Waals surface area contributed by atoms with Crippen LogP contribution in [-0.2, 0) is 10.8 Å². The summed E-state index contributed by atoms with van der Waals surface area (Å²) in [6.07, 6.45) is 7.90. The van der Waals surface area contributed by atoms with E-state index in [2.05, 4.69) is 13.0 Å². The van der Waals surface area contributed by atoms with Gasteiger partial charge in [-0.15, -0.1) is 11.8 Å². The van der Waals surface area contributed by atoms with Gasteiger partial charge in [-0.05, 0) is 12.7 Å². The van der Waals surface area contributed by atoms with E-state index in [9.17, 15) is 4.21 Å². The highest BCUT2D eigenvalue weighted by atomic mass is 32.2. The van der Waals surface area contributed by atoms with Crippen molar-refractivity contribution >= 4 is 22.6 Å². The van der Waals surface area contributed by atoms with Crippen molar-refractivity contribution in [3.05, 3.63) is 10.3 Å². The van der Waals surface area contributed by atoms with Crippen LogP contribution in [0.5, 0.6) is 0 Å². The molecule has 0 aliphatic rings. The second-order valence-electron chi connectivity index (χ2n) is 1.97. The van der Waals surface area contributed by atoms with Gasteiger partial charge >= 0.3 is 0 Å². The van der Waals surface area contributed by atoms with Gasteiger partial charge in [-0.2, -0.15) is 0 Å². The lowest BCUT2D eigenvalue weighted by molar-refractivity contribution is 0.691. The van der Waals surface area contributed by atoms with Crippen molar-refractivity contribution in [1.29, 1.82) is 0 Å². The minimum Gasteiger partial charge on any atom is -0.254 e.